The molecule has 1 rings (SSSR count). The minimum Gasteiger partial charge on any atom is -0.313 e. The average molecular weight is 255 g/mol. The topological polar surface area (TPSA) is 12.0 Å². The molecule has 1 nitrogen and oxygen atoms in total. The minimum atomic E-state index is -4.09. The van der Waals surface area contributed by atoms with E-state index in [-0.39, 0.29) is 17.5 Å². The van der Waals surface area contributed by atoms with Gasteiger partial charge in [-0.2, -0.15) is 13.2 Å². The molecule has 0 aromatic heterocycles. The molecule has 3 atom stereocenters. The molecule has 1 aliphatic rings. The van der Waals surface area contributed by atoms with Gasteiger partial charge in [0, 0.05) is 18.3 Å². The van der Waals surface area contributed by atoms with Gasteiger partial charge in [0.15, 0.2) is 0 Å². The Morgan fingerprint density at radius 1 is 1.25 bits per heavy atom. The molecule has 0 aromatic rings. The molecule has 1 N–H and O–H groups in total. The summed E-state index contributed by atoms with van der Waals surface area (Å²) >= 11 is 0.0617. The van der Waals surface area contributed by atoms with Crippen LogP contribution in [0.5, 0.6) is 0 Å². The van der Waals surface area contributed by atoms with Crippen molar-refractivity contribution in [1.82, 2.24) is 5.32 Å². The fourth-order valence-corrected chi connectivity index (χ4v) is 2.73. The van der Waals surface area contributed by atoms with E-state index < -0.39 is 5.51 Å². The van der Waals surface area contributed by atoms with Crippen molar-refractivity contribution in [3.63, 3.8) is 0 Å². The van der Waals surface area contributed by atoms with Gasteiger partial charge >= 0.3 is 5.51 Å². The zero-order chi connectivity index (χ0) is 12.2. The van der Waals surface area contributed by atoms with Gasteiger partial charge in [0.2, 0.25) is 0 Å². The Labute approximate surface area is 99.6 Å². The lowest BCUT2D eigenvalue weighted by Crippen LogP contribution is -2.41. The molecule has 0 spiro atoms. The highest BCUT2D eigenvalue weighted by Gasteiger charge is 2.29. The number of rotatable bonds is 4. The van der Waals surface area contributed by atoms with E-state index in [1.807, 2.05) is 0 Å². The third-order valence-corrected chi connectivity index (χ3v) is 4.22. The van der Waals surface area contributed by atoms with Crippen LogP contribution < -0.4 is 5.32 Å². The highest BCUT2D eigenvalue weighted by atomic mass is 32.2. The van der Waals surface area contributed by atoms with Crippen LogP contribution >= 0.6 is 11.8 Å². The highest BCUT2D eigenvalue weighted by molar-refractivity contribution is 8.00. The van der Waals surface area contributed by atoms with Gasteiger partial charge in [-0.3, -0.25) is 0 Å². The smallest absolute Gasteiger partial charge is 0.313 e. The number of thioether (sulfide) groups is 1. The molecular formula is C11H20F3NS. The van der Waals surface area contributed by atoms with Crippen molar-refractivity contribution in [2.75, 3.05) is 12.3 Å². The monoisotopic (exact) mass is 255 g/mol. The molecule has 1 fully saturated rings. The van der Waals surface area contributed by atoms with Crippen molar-refractivity contribution in [3.8, 4) is 0 Å². The predicted molar refractivity (Wildman–Crippen MR) is 62.5 cm³/mol. The standard InChI is InChI=1S/C11H20F3NS/c1-8-4-3-5-10(9(8)2)15-6-7-16-11(12,13)14/h8-10,15H,3-7H2,1-2H3. The summed E-state index contributed by atoms with van der Waals surface area (Å²) in [5.74, 6) is 1.37. The zero-order valence-electron chi connectivity index (χ0n) is 9.81. The minimum absolute atomic E-state index is 0.0617. The second kappa shape index (κ2) is 6.15. The molecule has 96 valence electrons. The summed E-state index contributed by atoms with van der Waals surface area (Å²) in [7, 11) is 0. The summed E-state index contributed by atoms with van der Waals surface area (Å²) in [6.07, 6.45) is 3.54. The number of hydrogen-bond acceptors (Lipinski definition) is 2. The van der Waals surface area contributed by atoms with Crippen LogP contribution in [0, 0.1) is 11.8 Å². The molecule has 1 saturated carbocycles. The molecule has 0 aliphatic heterocycles. The van der Waals surface area contributed by atoms with Crippen LogP contribution in [0.25, 0.3) is 0 Å². The quantitative estimate of drug-likeness (QED) is 0.769. The second-order valence-electron chi connectivity index (χ2n) is 4.62. The number of nitrogens with one attached hydrogen (secondary N) is 1. The van der Waals surface area contributed by atoms with Crippen LogP contribution in [0.3, 0.4) is 0 Å². The molecule has 16 heavy (non-hydrogen) atoms. The lowest BCUT2D eigenvalue weighted by atomic mass is 9.78. The van der Waals surface area contributed by atoms with Gasteiger partial charge in [-0.05, 0) is 30.0 Å². The van der Waals surface area contributed by atoms with Crippen LogP contribution in [-0.2, 0) is 0 Å². The Morgan fingerprint density at radius 3 is 2.56 bits per heavy atom. The Kier molecular flexibility index (Phi) is 5.44. The third kappa shape index (κ3) is 4.95. The van der Waals surface area contributed by atoms with Crippen LogP contribution in [0.4, 0.5) is 13.2 Å². The summed E-state index contributed by atoms with van der Waals surface area (Å²) in [6.45, 7) is 4.87. The summed E-state index contributed by atoms with van der Waals surface area (Å²) in [4.78, 5) is 0. The molecule has 0 aromatic carbocycles. The third-order valence-electron chi connectivity index (χ3n) is 3.48. The van der Waals surface area contributed by atoms with Gasteiger partial charge in [-0.1, -0.05) is 26.7 Å². The van der Waals surface area contributed by atoms with E-state index >= 15 is 0 Å². The zero-order valence-corrected chi connectivity index (χ0v) is 10.6. The van der Waals surface area contributed by atoms with E-state index in [4.69, 9.17) is 0 Å². The highest BCUT2D eigenvalue weighted by Crippen LogP contribution is 2.31. The Balaban J connectivity index is 2.17. The maximum absolute atomic E-state index is 11.9. The van der Waals surface area contributed by atoms with E-state index in [0.29, 0.717) is 24.4 Å². The molecule has 1 aliphatic carbocycles. The first-order chi connectivity index (χ1) is 7.40. The normalized spacial score (nSPS) is 31.7. The summed E-state index contributed by atoms with van der Waals surface area (Å²) in [6, 6.07) is 0.401. The van der Waals surface area contributed by atoms with E-state index in [0.717, 1.165) is 6.42 Å². The molecule has 0 bridgehead atoms. The summed E-state index contributed by atoms with van der Waals surface area (Å²) in [5.41, 5.74) is -4.09. The molecule has 5 heteroatoms. The predicted octanol–water partition coefficient (Wildman–Crippen LogP) is 3.65. The van der Waals surface area contributed by atoms with Gasteiger partial charge in [0.1, 0.15) is 0 Å². The Hall–Kier alpha value is 0.100. The van der Waals surface area contributed by atoms with Crippen molar-refractivity contribution < 1.29 is 13.2 Å². The van der Waals surface area contributed by atoms with Crippen LogP contribution in [0.15, 0.2) is 0 Å². The van der Waals surface area contributed by atoms with Gasteiger partial charge in [-0.25, -0.2) is 0 Å². The first-order valence-corrected chi connectivity index (χ1v) is 6.83. The molecule has 3 unspecified atom stereocenters. The number of hydrogen-bond donors (Lipinski definition) is 1. The largest absolute Gasteiger partial charge is 0.441 e. The maximum atomic E-state index is 11.9. The Bertz CT molecular complexity index is 208. The van der Waals surface area contributed by atoms with Crippen molar-refractivity contribution in [2.24, 2.45) is 11.8 Å². The SMILES string of the molecule is CC1CCCC(NCCSC(F)(F)F)C1C. The van der Waals surface area contributed by atoms with Crippen molar-refractivity contribution in [1.29, 1.82) is 0 Å². The molecule has 0 radical (unpaired) electrons. The molecule has 0 amide bonds. The lowest BCUT2D eigenvalue weighted by Gasteiger charge is -2.34. The van der Waals surface area contributed by atoms with Gasteiger partial charge in [0.05, 0.1) is 0 Å². The van der Waals surface area contributed by atoms with E-state index in [1.54, 1.807) is 0 Å². The van der Waals surface area contributed by atoms with E-state index in [2.05, 4.69) is 19.2 Å². The van der Waals surface area contributed by atoms with Crippen molar-refractivity contribution in [2.45, 2.75) is 44.7 Å². The van der Waals surface area contributed by atoms with Gasteiger partial charge in [-0.15, -0.1) is 0 Å². The second-order valence-corrected chi connectivity index (χ2v) is 5.78. The number of halogens is 3. The average Bonchev–Trinajstić information content (AvgIpc) is 2.17. The Morgan fingerprint density at radius 2 is 1.94 bits per heavy atom. The fourth-order valence-electron chi connectivity index (χ4n) is 2.28. The van der Waals surface area contributed by atoms with Crippen molar-refractivity contribution >= 4 is 11.8 Å². The molecular weight excluding hydrogens is 235 g/mol. The fraction of sp³-hybridized carbons (Fsp3) is 1.00. The maximum Gasteiger partial charge on any atom is 0.441 e. The van der Waals surface area contributed by atoms with Crippen LogP contribution in [-0.4, -0.2) is 23.8 Å². The first-order valence-electron chi connectivity index (χ1n) is 5.84. The van der Waals surface area contributed by atoms with E-state index in [9.17, 15) is 13.2 Å². The van der Waals surface area contributed by atoms with Gasteiger partial charge in [0.25, 0.3) is 0 Å². The first kappa shape index (κ1) is 14.2. The lowest BCUT2D eigenvalue weighted by molar-refractivity contribution is -0.0327. The van der Waals surface area contributed by atoms with E-state index in [1.165, 1.54) is 12.8 Å². The number of alkyl halides is 3. The molecule has 0 heterocycles. The van der Waals surface area contributed by atoms with Crippen molar-refractivity contribution in [3.05, 3.63) is 0 Å². The summed E-state index contributed by atoms with van der Waals surface area (Å²) < 4.78 is 35.7. The van der Waals surface area contributed by atoms with Gasteiger partial charge < -0.3 is 5.32 Å². The summed E-state index contributed by atoms with van der Waals surface area (Å²) in [5, 5.41) is 3.25. The molecule has 0 saturated heterocycles. The van der Waals surface area contributed by atoms with Crippen LogP contribution in [0.1, 0.15) is 33.1 Å². The van der Waals surface area contributed by atoms with Crippen LogP contribution in [0.2, 0.25) is 0 Å².